The Hall–Kier alpha value is -2.11. The quantitative estimate of drug-likeness (QED) is 0.710. The van der Waals surface area contributed by atoms with Crippen LogP contribution in [0.1, 0.15) is 0 Å². The summed E-state index contributed by atoms with van der Waals surface area (Å²) in [6, 6.07) is 14.4. The summed E-state index contributed by atoms with van der Waals surface area (Å²) in [5.74, 6) is -0.00351. The summed E-state index contributed by atoms with van der Waals surface area (Å²) >= 11 is 1.68. The van der Waals surface area contributed by atoms with Gasteiger partial charge in [0.05, 0.1) is 17.2 Å². The van der Waals surface area contributed by atoms with E-state index in [0.717, 1.165) is 16.6 Å². The molecule has 0 fully saturated rings. The molecular formula is C17H18N2O2S. The van der Waals surface area contributed by atoms with Crippen molar-refractivity contribution in [1.29, 1.82) is 0 Å². The number of thiophene rings is 1. The lowest BCUT2D eigenvalue weighted by Gasteiger charge is -2.10. The van der Waals surface area contributed by atoms with E-state index >= 15 is 0 Å². The molecule has 0 radical (unpaired) electrons. The topological polar surface area (TPSA) is 43.3 Å². The monoisotopic (exact) mass is 314 g/mol. The summed E-state index contributed by atoms with van der Waals surface area (Å²) in [5.41, 5.74) is 2.16. The summed E-state index contributed by atoms with van der Waals surface area (Å²) in [6.45, 7) is 1.36. The average molecular weight is 314 g/mol. The second-order valence-electron chi connectivity index (χ2n) is 4.99. The third-order valence-electron chi connectivity index (χ3n) is 3.51. The highest BCUT2D eigenvalue weighted by atomic mass is 32.1. The van der Waals surface area contributed by atoms with Crippen LogP contribution in [0.25, 0.3) is 21.5 Å². The molecule has 0 aliphatic rings. The van der Waals surface area contributed by atoms with E-state index in [0.29, 0.717) is 19.7 Å². The van der Waals surface area contributed by atoms with Gasteiger partial charge in [-0.15, -0.1) is 11.3 Å². The van der Waals surface area contributed by atoms with Crippen LogP contribution in [0.5, 0.6) is 0 Å². The van der Waals surface area contributed by atoms with Gasteiger partial charge >= 0.3 is 0 Å². The number of rotatable bonds is 6. The number of amides is 1. The first kappa shape index (κ1) is 14.8. The number of para-hydroxylation sites is 1. The average Bonchev–Trinajstić information content (AvgIpc) is 3.16. The van der Waals surface area contributed by atoms with Gasteiger partial charge in [-0.25, -0.2) is 0 Å². The van der Waals surface area contributed by atoms with E-state index in [4.69, 9.17) is 4.74 Å². The van der Waals surface area contributed by atoms with Crippen molar-refractivity contribution >= 4 is 28.1 Å². The van der Waals surface area contributed by atoms with Crippen LogP contribution < -0.4 is 5.32 Å². The number of nitrogens with one attached hydrogen (secondary N) is 1. The highest BCUT2D eigenvalue weighted by Gasteiger charge is 2.13. The van der Waals surface area contributed by atoms with Crippen LogP contribution in [0.15, 0.2) is 47.8 Å². The molecule has 3 rings (SSSR count). The maximum absolute atomic E-state index is 12.2. The molecule has 0 aliphatic carbocycles. The molecule has 22 heavy (non-hydrogen) atoms. The molecule has 0 unspecified atom stereocenters. The van der Waals surface area contributed by atoms with Crippen LogP contribution in [-0.2, 0) is 16.1 Å². The van der Waals surface area contributed by atoms with E-state index in [2.05, 4.69) is 39.5 Å². The smallest absolute Gasteiger partial charge is 0.240 e. The van der Waals surface area contributed by atoms with Gasteiger partial charge in [0.1, 0.15) is 6.54 Å². The van der Waals surface area contributed by atoms with Crippen molar-refractivity contribution in [3.8, 4) is 10.6 Å². The number of carbonyl (C=O) groups excluding carboxylic acids is 1. The fourth-order valence-corrected chi connectivity index (χ4v) is 3.25. The van der Waals surface area contributed by atoms with E-state index in [1.807, 2.05) is 18.2 Å². The van der Waals surface area contributed by atoms with Crippen LogP contribution in [-0.4, -0.2) is 30.7 Å². The minimum Gasteiger partial charge on any atom is -0.383 e. The number of aromatic nitrogens is 1. The third kappa shape index (κ3) is 3.05. The molecule has 0 spiro atoms. The molecule has 114 valence electrons. The second kappa shape index (κ2) is 6.77. The number of benzene rings is 1. The van der Waals surface area contributed by atoms with Crippen molar-refractivity contribution in [2.45, 2.75) is 6.54 Å². The van der Waals surface area contributed by atoms with E-state index in [9.17, 15) is 4.79 Å². The first-order valence-corrected chi connectivity index (χ1v) is 8.05. The van der Waals surface area contributed by atoms with Crippen LogP contribution in [0.4, 0.5) is 0 Å². The Balaban J connectivity index is 1.92. The van der Waals surface area contributed by atoms with Crippen LogP contribution in [0.2, 0.25) is 0 Å². The van der Waals surface area contributed by atoms with Gasteiger partial charge in [0, 0.05) is 24.6 Å². The lowest BCUT2D eigenvalue weighted by atomic mass is 10.2. The summed E-state index contributed by atoms with van der Waals surface area (Å²) in [5, 5.41) is 6.08. The van der Waals surface area contributed by atoms with Gasteiger partial charge in [-0.2, -0.15) is 0 Å². The number of methoxy groups -OCH3 is 1. The highest BCUT2D eigenvalue weighted by Crippen LogP contribution is 2.31. The number of carbonyl (C=O) groups is 1. The fraction of sp³-hybridized carbons (Fsp3) is 0.235. The third-order valence-corrected chi connectivity index (χ3v) is 4.41. The number of nitrogens with zero attached hydrogens (tertiary/aromatic N) is 1. The maximum Gasteiger partial charge on any atom is 0.240 e. The molecule has 1 aromatic carbocycles. The van der Waals surface area contributed by atoms with Crippen molar-refractivity contribution in [3.63, 3.8) is 0 Å². The SMILES string of the molecule is COCCNC(=O)Cn1c(-c2cccs2)cc2ccccc21. The first-order chi connectivity index (χ1) is 10.8. The first-order valence-electron chi connectivity index (χ1n) is 7.17. The van der Waals surface area contributed by atoms with Gasteiger partial charge in [0.25, 0.3) is 0 Å². The zero-order valence-corrected chi connectivity index (χ0v) is 13.2. The lowest BCUT2D eigenvalue weighted by Crippen LogP contribution is -2.30. The molecule has 3 aromatic rings. The Morgan fingerprint density at radius 2 is 2.14 bits per heavy atom. The normalized spacial score (nSPS) is 11.0. The number of fused-ring (bicyclic) bond motifs is 1. The second-order valence-corrected chi connectivity index (χ2v) is 5.94. The molecule has 5 heteroatoms. The molecule has 0 saturated carbocycles. The molecule has 0 aliphatic heterocycles. The summed E-state index contributed by atoms with van der Waals surface area (Å²) < 4.78 is 7.03. The molecule has 0 atom stereocenters. The van der Waals surface area contributed by atoms with Crippen LogP contribution in [0.3, 0.4) is 0 Å². The highest BCUT2D eigenvalue weighted by molar-refractivity contribution is 7.13. The standard InChI is InChI=1S/C17H18N2O2S/c1-21-9-8-18-17(20)12-19-14-6-3-2-5-13(14)11-15(19)16-7-4-10-22-16/h2-7,10-11H,8-9,12H2,1H3,(H,18,20). The molecule has 4 nitrogen and oxygen atoms in total. The van der Waals surface area contributed by atoms with Crippen molar-refractivity contribution < 1.29 is 9.53 Å². The van der Waals surface area contributed by atoms with Gasteiger partial charge in [-0.05, 0) is 23.6 Å². The van der Waals surface area contributed by atoms with Crippen molar-refractivity contribution in [2.24, 2.45) is 0 Å². The Kier molecular flexibility index (Phi) is 4.56. The minimum atomic E-state index is -0.00351. The largest absolute Gasteiger partial charge is 0.383 e. The number of hydrogen-bond acceptors (Lipinski definition) is 3. The predicted octanol–water partition coefficient (Wildman–Crippen LogP) is 3.13. The minimum absolute atomic E-state index is 0.00351. The summed E-state index contributed by atoms with van der Waals surface area (Å²) in [6.07, 6.45) is 0. The van der Waals surface area contributed by atoms with Crippen LogP contribution in [0, 0.1) is 0 Å². The van der Waals surface area contributed by atoms with Gasteiger partial charge < -0.3 is 14.6 Å². The molecule has 2 aromatic heterocycles. The summed E-state index contributed by atoms with van der Waals surface area (Å²) in [4.78, 5) is 13.3. The Labute approximate surface area is 133 Å². The van der Waals surface area contributed by atoms with E-state index in [-0.39, 0.29) is 5.91 Å². The lowest BCUT2D eigenvalue weighted by molar-refractivity contribution is -0.121. The Morgan fingerprint density at radius 3 is 2.91 bits per heavy atom. The molecule has 0 saturated heterocycles. The predicted molar refractivity (Wildman–Crippen MR) is 90.1 cm³/mol. The van der Waals surface area contributed by atoms with Crippen LogP contribution >= 0.6 is 11.3 Å². The molecule has 1 N–H and O–H groups in total. The fourth-order valence-electron chi connectivity index (χ4n) is 2.50. The van der Waals surface area contributed by atoms with Crippen molar-refractivity contribution in [3.05, 3.63) is 47.8 Å². The van der Waals surface area contributed by atoms with Crippen molar-refractivity contribution in [2.75, 3.05) is 20.3 Å². The zero-order valence-electron chi connectivity index (χ0n) is 12.4. The van der Waals surface area contributed by atoms with Crippen molar-refractivity contribution in [1.82, 2.24) is 9.88 Å². The Bertz CT molecular complexity index is 762. The van der Waals surface area contributed by atoms with E-state index in [1.165, 1.54) is 4.88 Å². The van der Waals surface area contributed by atoms with Gasteiger partial charge in [-0.1, -0.05) is 24.3 Å². The molecule has 0 bridgehead atoms. The number of hydrogen-bond donors (Lipinski definition) is 1. The van der Waals surface area contributed by atoms with Gasteiger partial charge in [0.2, 0.25) is 5.91 Å². The summed E-state index contributed by atoms with van der Waals surface area (Å²) in [7, 11) is 1.63. The van der Waals surface area contributed by atoms with E-state index in [1.54, 1.807) is 18.4 Å². The van der Waals surface area contributed by atoms with E-state index < -0.39 is 0 Å². The van der Waals surface area contributed by atoms with Gasteiger partial charge in [-0.3, -0.25) is 4.79 Å². The number of ether oxygens (including phenoxy) is 1. The molecular weight excluding hydrogens is 296 g/mol. The Morgan fingerprint density at radius 1 is 1.27 bits per heavy atom. The molecule has 2 heterocycles. The maximum atomic E-state index is 12.2. The zero-order chi connectivity index (χ0) is 15.4. The molecule has 1 amide bonds. The van der Waals surface area contributed by atoms with Gasteiger partial charge in [0.15, 0.2) is 0 Å².